The molecule has 1 saturated heterocycles. The van der Waals surface area contributed by atoms with Gasteiger partial charge in [0.1, 0.15) is 11.5 Å². The van der Waals surface area contributed by atoms with Crippen molar-refractivity contribution in [2.75, 3.05) is 46.9 Å². The number of hydrogen-bond donors (Lipinski definition) is 1. The van der Waals surface area contributed by atoms with Crippen LogP contribution in [-0.4, -0.2) is 67.8 Å². The summed E-state index contributed by atoms with van der Waals surface area (Å²) in [5.41, 5.74) is 0.745. The Kier molecular flexibility index (Phi) is 6.24. The summed E-state index contributed by atoms with van der Waals surface area (Å²) in [6.07, 6.45) is 0.00902. The van der Waals surface area contributed by atoms with Gasteiger partial charge in [0.05, 0.1) is 20.3 Å². The molecule has 6 heteroatoms. The maximum Gasteiger partial charge on any atom is 0.219 e. The molecule has 0 aliphatic carbocycles. The molecule has 6 nitrogen and oxygen atoms in total. The van der Waals surface area contributed by atoms with E-state index in [4.69, 9.17) is 9.47 Å². The SMILES string of the molecule is COc1ccc(OC)c(C(O)CCN2CCN(C(C)=O)CC2)c1. The van der Waals surface area contributed by atoms with Gasteiger partial charge in [0.15, 0.2) is 0 Å². The van der Waals surface area contributed by atoms with Gasteiger partial charge < -0.3 is 19.5 Å². The van der Waals surface area contributed by atoms with Gasteiger partial charge in [0.25, 0.3) is 0 Å². The first-order valence-electron chi connectivity index (χ1n) is 7.93. The third-order valence-electron chi connectivity index (χ3n) is 4.33. The summed E-state index contributed by atoms with van der Waals surface area (Å²) < 4.78 is 10.5. The fourth-order valence-electron chi connectivity index (χ4n) is 2.85. The summed E-state index contributed by atoms with van der Waals surface area (Å²) in [6.45, 7) is 5.60. The molecule has 1 fully saturated rings. The van der Waals surface area contributed by atoms with Gasteiger partial charge in [-0.25, -0.2) is 0 Å². The summed E-state index contributed by atoms with van der Waals surface area (Å²) in [4.78, 5) is 15.5. The van der Waals surface area contributed by atoms with Gasteiger partial charge in [-0.1, -0.05) is 0 Å². The average Bonchev–Trinajstić information content (AvgIpc) is 2.59. The highest BCUT2D eigenvalue weighted by atomic mass is 16.5. The van der Waals surface area contributed by atoms with Crippen molar-refractivity contribution in [3.63, 3.8) is 0 Å². The number of carbonyl (C=O) groups is 1. The van der Waals surface area contributed by atoms with Gasteiger partial charge >= 0.3 is 0 Å². The van der Waals surface area contributed by atoms with Crippen molar-refractivity contribution < 1.29 is 19.4 Å². The largest absolute Gasteiger partial charge is 0.497 e. The summed E-state index contributed by atoms with van der Waals surface area (Å²) in [7, 11) is 3.20. The fourth-order valence-corrected chi connectivity index (χ4v) is 2.85. The lowest BCUT2D eigenvalue weighted by Crippen LogP contribution is -2.48. The van der Waals surface area contributed by atoms with E-state index in [0.29, 0.717) is 17.9 Å². The van der Waals surface area contributed by atoms with Crippen LogP contribution in [0.15, 0.2) is 18.2 Å². The van der Waals surface area contributed by atoms with E-state index in [0.717, 1.165) is 38.3 Å². The summed E-state index contributed by atoms with van der Waals surface area (Å²) in [6, 6.07) is 5.44. The van der Waals surface area contributed by atoms with Crippen LogP contribution in [0.5, 0.6) is 11.5 Å². The van der Waals surface area contributed by atoms with Crippen LogP contribution >= 0.6 is 0 Å². The van der Waals surface area contributed by atoms with Crippen molar-refractivity contribution in [2.45, 2.75) is 19.4 Å². The maximum absolute atomic E-state index is 11.3. The number of nitrogens with zero attached hydrogens (tertiary/aromatic N) is 2. The minimum atomic E-state index is -0.606. The smallest absolute Gasteiger partial charge is 0.219 e. The molecule has 1 aromatic rings. The average molecular weight is 322 g/mol. The van der Waals surface area contributed by atoms with Crippen molar-refractivity contribution >= 4 is 5.91 Å². The molecule has 1 aliphatic heterocycles. The molecule has 2 rings (SSSR count). The molecule has 1 amide bonds. The standard InChI is InChI=1S/C17H26N2O4/c1-13(20)19-10-8-18(9-11-19)7-6-16(21)15-12-14(22-2)4-5-17(15)23-3/h4-5,12,16,21H,6-11H2,1-3H3. The number of benzene rings is 1. The van der Waals surface area contributed by atoms with E-state index in [1.54, 1.807) is 21.1 Å². The third kappa shape index (κ3) is 4.59. The molecule has 23 heavy (non-hydrogen) atoms. The predicted molar refractivity (Wildman–Crippen MR) is 87.8 cm³/mol. The minimum Gasteiger partial charge on any atom is -0.497 e. The number of methoxy groups -OCH3 is 2. The second-order valence-electron chi connectivity index (χ2n) is 5.76. The number of rotatable bonds is 6. The lowest BCUT2D eigenvalue weighted by Gasteiger charge is -2.34. The first kappa shape index (κ1) is 17.6. The maximum atomic E-state index is 11.3. The van der Waals surface area contributed by atoms with Gasteiger partial charge in [-0.2, -0.15) is 0 Å². The van der Waals surface area contributed by atoms with Crippen LogP contribution in [0.2, 0.25) is 0 Å². The number of aliphatic hydroxyl groups is 1. The third-order valence-corrected chi connectivity index (χ3v) is 4.33. The Labute approximate surface area is 137 Å². The van der Waals surface area contributed by atoms with Gasteiger partial charge in [0.2, 0.25) is 5.91 Å². The van der Waals surface area contributed by atoms with E-state index in [1.165, 1.54) is 0 Å². The number of ether oxygens (including phenoxy) is 2. The van der Waals surface area contributed by atoms with Crippen LogP contribution in [0.3, 0.4) is 0 Å². The van der Waals surface area contributed by atoms with Crippen molar-refractivity contribution in [3.8, 4) is 11.5 Å². The molecular weight excluding hydrogens is 296 g/mol. The van der Waals surface area contributed by atoms with Crippen molar-refractivity contribution in [1.29, 1.82) is 0 Å². The Morgan fingerprint density at radius 2 is 1.91 bits per heavy atom. The normalized spacial score (nSPS) is 17.0. The van der Waals surface area contributed by atoms with Gasteiger partial charge in [-0.3, -0.25) is 9.69 Å². The minimum absolute atomic E-state index is 0.130. The van der Waals surface area contributed by atoms with E-state index in [1.807, 2.05) is 23.1 Å². The van der Waals surface area contributed by atoms with E-state index < -0.39 is 6.10 Å². The van der Waals surface area contributed by atoms with E-state index >= 15 is 0 Å². The van der Waals surface area contributed by atoms with Crippen LogP contribution in [-0.2, 0) is 4.79 Å². The Morgan fingerprint density at radius 1 is 1.22 bits per heavy atom. The molecule has 0 saturated carbocycles. The highest BCUT2D eigenvalue weighted by molar-refractivity contribution is 5.73. The fraction of sp³-hybridized carbons (Fsp3) is 0.588. The number of piperazine rings is 1. The predicted octanol–water partition coefficient (Wildman–Crippen LogP) is 1.29. The molecule has 1 aromatic carbocycles. The molecule has 128 valence electrons. The van der Waals surface area contributed by atoms with Crippen LogP contribution in [0.1, 0.15) is 25.0 Å². The Hall–Kier alpha value is -1.79. The second kappa shape index (κ2) is 8.17. The Balaban J connectivity index is 1.90. The van der Waals surface area contributed by atoms with Gasteiger partial charge in [0, 0.05) is 45.2 Å². The monoisotopic (exact) mass is 322 g/mol. The summed E-state index contributed by atoms with van der Waals surface area (Å²) in [5, 5.41) is 10.5. The molecule has 0 radical (unpaired) electrons. The first-order chi connectivity index (χ1) is 11.0. The molecular formula is C17H26N2O4. The zero-order chi connectivity index (χ0) is 16.8. The number of aliphatic hydroxyl groups excluding tert-OH is 1. The summed E-state index contributed by atoms with van der Waals surface area (Å²) in [5.74, 6) is 1.50. The summed E-state index contributed by atoms with van der Waals surface area (Å²) >= 11 is 0. The molecule has 1 unspecified atom stereocenters. The molecule has 1 atom stereocenters. The van der Waals surface area contributed by atoms with Crippen LogP contribution in [0, 0.1) is 0 Å². The van der Waals surface area contributed by atoms with Crippen LogP contribution < -0.4 is 9.47 Å². The lowest BCUT2D eigenvalue weighted by molar-refractivity contribution is -0.130. The highest BCUT2D eigenvalue weighted by Crippen LogP contribution is 2.31. The number of hydrogen-bond acceptors (Lipinski definition) is 5. The first-order valence-corrected chi connectivity index (χ1v) is 7.93. The zero-order valence-electron chi connectivity index (χ0n) is 14.1. The van der Waals surface area contributed by atoms with E-state index in [-0.39, 0.29) is 5.91 Å². The van der Waals surface area contributed by atoms with E-state index in [9.17, 15) is 9.90 Å². The van der Waals surface area contributed by atoms with Gasteiger partial charge in [-0.05, 0) is 24.6 Å². The highest BCUT2D eigenvalue weighted by Gasteiger charge is 2.20. The van der Waals surface area contributed by atoms with Crippen LogP contribution in [0.25, 0.3) is 0 Å². The number of amides is 1. The van der Waals surface area contributed by atoms with Crippen LogP contribution in [0.4, 0.5) is 0 Å². The molecule has 1 aliphatic rings. The van der Waals surface area contributed by atoms with Crippen molar-refractivity contribution in [2.24, 2.45) is 0 Å². The Morgan fingerprint density at radius 3 is 2.48 bits per heavy atom. The molecule has 0 bridgehead atoms. The molecule has 0 aromatic heterocycles. The van der Waals surface area contributed by atoms with Crippen molar-refractivity contribution in [3.05, 3.63) is 23.8 Å². The molecule has 1 heterocycles. The van der Waals surface area contributed by atoms with Crippen molar-refractivity contribution in [1.82, 2.24) is 9.80 Å². The Bertz CT molecular complexity index is 527. The van der Waals surface area contributed by atoms with Gasteiger partial charge in [-0.15, -0.1) is 0 Å². The lowest BCUT2D eigenvalue weighted by atomic mass is 10.0. The second-order valence-corrected chi connectivity index (χ2v) is 5.76. The van der Waals surface area contributed by atoms with E-state index in [2.05, 4.69) is 4.90 Å². The number of carbonyl (C=O) groups excluding carboxylic acids is 1. The molecule has 0 spiro atoms. The quantitative estimate of drug-likeness (QED) is 0.855. The topological polar surface area (TPSA) is 62.2 Å². The zero-order valence-corrected chi connectivity index (χ0v) is 14.1. The molecule has 1 N–H and O–H groups in total.